The summed E-state index contributed by atoms with van der Waals surface area (Å²) in [5.74, 6) is -1.55. The van der Waals surface area contributed by atoms with E-state index in [9.17, 15) is 14.0 Å². The number of hydrogen-bond donors (Lipinski definition) is 2. The van der Waals surface area contributed by atoms with Gasteiger partial charge >= 0.3 is 12.1 Å². The summed E-state index contributed by atoms with van der Waals surface area (Å²) in [4.78, 5) is 22.9. The molecule has 1 atom stereocenters. The molecule has 0 aliphatic rings. The van der Waals surface area contributed by atoms with Crippen molar-refractivity contribution in [2.75, 3.05) is 7.11 Å². The van der Waals surface area contributed by atoms with Crippen LogP contribution in [0, 0.1) is 5.82 Å². The Morgan fingerprint density at radius 2 is 2.00 bits per heavy atom. The minimum Gasteiger partial charge on any atom is -0.497 e. The van der Waals surface area contributed by atoms with Gasteiger partial charge in [0.2, 0.25) is 0 Å². The second-order valence-electron chi connectivity index (χ2n) is 5.70. The molecule has 1 aromatic carbocycles. The van der Waals surface area contributed by atoms with E-state index in [0.717, 1.165) is 6.07 Å². The molecule has 2 N–H and O–H groups in total. The van der Waals surface area contributed by atoms with Crippen molar-refractivity contribution in [2.24, 2.45) is 0 Å². The Morgan fingerprint density at radius 3 is 2.45 bits per heavy atom. The first-order chi connectivity index (χ1) is 10.1. The van der Waals surface area contributed by atoms with E-state index in [0.29, 0.717) is 5.75 Å². The number of carboxylic acid groups (broad SMARTS) is 1. The predicted molar refractivity (Wildman–Crippen MR) is 77.4 cm³/mol. The molecule has 1 aromatic rings. The molecule has 1 unspecified atom stereocenters. The summed E-state index contributed by atoms with van der Waals surface area (Å²) in [5.41, 5.74) is -0.595. The fraction of sp³-hybridized carbons (Fsp3) is 0.467. The van der Waals surface area contributed by atoms with Crippen molar-refractivity contribution in [3.05, 3.63) is 29.6 Å². The molecule has 7 heteroatoms. The van der Waals surface area contributed by atoms with Crippen molar-refractivity contribution in [1.29, 1.82) is 0 Å². The van der Waals surface area contributed by atoms with Gasteiger partial charge in [-0.2, -0.15) is 0 Å². The first-order valence-corrected chi connectivity index (χ1v) is 6.67. The molecule has 6 nitrogen and oxygen atoms in total. The van der Waals surface area contributed by atoms with Crippen LogP contribution in [0.4, 0.5) is 9.18 Å². The summed E-state index contributed by atoms with van der Waals surface area (Å²) in [6.07, 6.45) is -1.07. The average molecular weight is 313 g/mol. The maximum Gasteiger partial charge on any atom is 0.408 e. The Morgan fingerprint density at radius 1 is 1.36 bits per heavy atom. The highest BCUT2D eigenvalue weighted by molar-refractivity contribution is 5.80. The topological polar surface area (TPSA) is 84.9 Å². The molecule has 0 bridgehead atoms. The van der Waals surface area contributed by atoms with Gasteiger partial charge < -0.3 is 19.9 Å². The maximum atomic E-state index is 13.9. The molecule has 0 aliphatic heterocycles. The number of amides is 1. The van der Waals surface area contributed by atoms with Crippen LogP contribution in [0.2, 0.25) is 0 Å². The van der Waals surface area contributed by atoms with Gasteiger partial charge in [-0.15, -0.1) is 0 Å². The molecule has 0 saturated carbocycles. The van der Waals surface area contributed by atoms with Crippen LogP contribution in [0.15, 0.2) is 18.2 Å². The van der Waals surface area contributed by atoms with E-state index in [4.69, 9.17) is 14.6 Å². The van der Waals surface area contributed by atoms with E-state index >= 15 is 0 Å². The van der Waals surface area contributed by atoms with Gasteiger partial charge in [-0.3, -0.25) is 0 Å². The minimum absolute atomic E-state index is 0.157. The maximum absolute atomic E-state index is 13.9. The van der Waals surface area contributed by atoms with Gasteiger partial charge in [0.1, 0.15) is 23.2 Å². The van der Waals surface area contributed by atoms with E-state index in [2.05, 4.69) is 5.32 Å². The second-order valence-corrected chi connectivity index (χ2v) is 5.70. The number of benzene rings is 1. The largest absolute Gasteiger partial charge is 0.497 e. The number of ether oxygens (including phenoxy) is 2. The van der Waals surface area contributed by atoms with Crippen LogP contribution in [-0.4, -0.2) is 35.9 Å². The summed E-state index contributed by atoms with van der Waals surface area (Å²) < 4.78 is 23.7. The molecule has 1 rings (SSSR count). The molecule has 0 saturated heterocycles. The van der Waals surface area contributed by atoms with Crippen LogP contribution in [0.5, 0.6) is 5.75 Å². The quantitative estimate of drug-likeness (QED) is 0.871. The van der Waals surface area contributed by atoms with Crippen molar-refractivity contribution in [3.8, 4) is 5.75 Å². The Bertz CT molecular complexity index is 553. The second kappa shape index (κ2) is 7.11. The number of carbonyl (C=O) groups excluding carboxylic acids is 1. The van der Waals surface area contributed by atoms with Crippen LogP contribution < -0.4 is 10.1 Å². The van der Waals surface area contributed by atoms with Gasteiger partial charge in [-0.05, 0) is 32.4 Å². The Kier molecular flexibility index (Phi) is 5.73. The van der Waals surface area contributed by atoms with E-state index < -0.39 is 29.5 Å². The van der Waals surface area contributed by atoms with Crippen LogP contribution >= 0.6 is 0 Å². The summed E-state index contributed by atoms with van der Waals surface area (Å²) in [5, 5.41) is 11.4. The third-order valence-corrected chi connectivity index (χ3v) is 2.67. The van der Waals surface area contributed by atoms with Crippen molar-refractivity contribution in [2.45, 2.75) is 38.8 Å². The van der Waals surface area contributed by atoms with E-state index in [1.165, 1.54) is 19.2 Å². The zero-order valence-corrected chi connectivity index (χ0v) is 13.0. The number of halogens is 1. The zero-order chi connectivity index (χ0) is 16.9. The molecule has 22 heavy (non-hydrogen) atoms. The highest BCUT2D eigenvalue weighted by atomic mass is 19.1. The van der Waals surface area contributed by atoms with Crippen molar-refractivity contribution >= 4 is 12.1 Å². The van der Waals surface area contributed by atoms with Gasteiger partial charge in [-0.1, -0.05) is 6.07 Å². The molecule has 0 aliphatic carbocycles. The third kappa shape index (κ3) is 5.59. The van der Waals surface area contributed by atoms with Crippen molar-refractivity contribution < 1.29 is 28.6 Å². The molecule has 0 radical (unpaired) electrons. The lowest BCUT2D eigenvalue weighted by atomic mass is 10.1. The molecule has 122 valence electrons. The predicted octanol–water partition coefficient (Wildman–Crippen LogP) is 2.35. The lowest BCUT2D eigenvalue weighted by Gasteiger charge is -2.22. The highest BCUT2D eigenvalue weighted by Gasteiger charge is 2.25. The summed E-state index contributed by atoms with van der Waals surface area (Å²) >= 11 is 0. The monoisotopic (exact) mass is 313 g/mol. The van der Waals surface area contributed by atoms with Crippen molar-refractivity contribution in [3.63, 3.8) is 0 Å². The number of carbonyl (C=O) groups is 2. The first-order valence-electron chi connectivity index (χ1n) is 6.67. The lowest BCUT2D eigenvalue weighted by molar-refractivity contribution is -0.139. The van der Waals surface area contributed by atoms with E-state index in [1.54, 1.807) is 20.8 Å². The fourth-order valence-corrected chi connectivity index (χ4v) is 1.69. The summed E-state index contributed by atoms with van der Waals surface area (Å²) in [6, 6.07) is 2.80. The smallest absolute Gasteiger partial charge is 0.408 e. The van der Waals surface area contributed by atoms with Crippen molar-refractivity contribution in [1.82, 2.24) is 5.32 Å². The van der Waals surface area contributed by atoms with Crippen LogP contribution in [0.3, 0.4) is 0 Å². The Balaban J connectivity index is 2.81. The number of alkyl carbamates (subject to hydrolysis) is 1. The number of aliphatic carboxylic acids is 1. The van der Waals surface area contributed by atoms with Crippen LogP contribution in [0.1, 0.15) is 26.3 Å². The molecule has 0 heterocycles. The van der Waals surface area contributed by atoms with Gasteiger partial charge in [0.05, 0.1) is 7.11 Å². The van der Waals surface area contributed by atoms with Gasteiger partial charge in [0.25, 0.3) is 0 Å². The zero-order valence-electron chi connectivity index (χ0n) is 13.0. The molecule has 0 spiro atoms. The molecule has 0 aromatic heterocycles. The van der Waals surface area contributed by atoms with E-state index in [-0.39, 0.29) is 12.0 Å². The summed E-state index contributed by atoms with van der Waals surface area (Å²) in [6.45, 7) is 4.97. The normalized spacial score (nSPS) is 12.4. The SMILES string of the molecule is COc1ccc(CC(NC(=O)OC(C)(C)C)C(=O)O)c(F)c1. The van der Waals surface area contributed by atoms with Crippen LogP contribution in [0.25, 0.3) is 0 Å². The Hall–Kier alpha value is -2.31. The van der Waals surface area contributed by atoms with Gasteiger partial charge in [0.15, 0.2) is 0 Å². The number of hydrogen-bond acceptors (Lipinski definition) is 4. The number of rotatable bonds is 5. The number of methoxy groups -OCH3 is 1. The Labute approximate surface area is 128 Å². The number of carboxylic acids is 1. The molecule has 1 amide bonds. The standard InChI is InChI=1S/C15H20FNO5/c1-15(2,3)22-14(20)17-12(13(18)19)7-9-5-6-10(21-4)8-11(9)16/h5-6,8,12H,7H2,1-4H3,(H,17,20)(H,18,19). The van der Waals surface area contributed by atoms with Gasteiger partial charge in [0, 0.05) is 12.5 Å². The molecule has 0 fully saturated rings. The summed E-state index contributed by atoms with van der Waals surface area (Å²) in [7, 11) is 1.40. The first kappa shape index (κ1) is 17.7. The highest BCUT2D eigenvalue weighted by Crippen LogP contribution is 2.18. The van der Waals surface area contributed by atoms with Crippen LogP contribution in [-0.2, 0) is 16.0 Å². The van der Waals surface area contributed by atoms with Gasteiger partial charge in [-0.25, -0.2) is 14.0 Å². The fourth-order valence-electron chi connectivity index (χ4n) is 1.69. The third-order valence-electron chi connectivity index (χ3n) is 2.67. The average Bonchev–Trinajstić information content (AvgIpc) is 2.37. The lowest BCUT2D eigenvalue weighted by Crippen LogP contribution is -2.44. The minimum atomic E-state index is -1.29. The molecular weight excluding hydrogens is 293 g/mol. The molecular formula is C15H20FNO5. The van der Waals surface area contributed by atoms with E-state index in [1.807, 2.05) is 0 Å². The number of nitrogens with one attached hydrogen (secondary N) is 1.